The number of piperidine rings is 1. The lowest BCUT2D eigenvalue weighted by atomic mass is 9.72. The molecule has 2 heterocycles. The van der Waals surface area contributed by atoms with Crippen LogP contribution in [0.4, 0.5) is 0 Å². The van der Waals surface area contributed by atoms with Gasteiger partial charge in [-0.2, -0.15) is 0 Å². The second-order valence-corrected chi connectivity index (χ2v) is 7.75. The lowest BCUT2D eigenvalue weighted by Crippen LogP contribution is -2.55. The molecule has 1 aromatic heterocycles. The lowest BCUT2D eigenvalue weighted by Gasteiger charge is -2.40. The number of hydrogen-bond acceptors (Lipinski definition) is 4. The maximum atomic E-state index is 13.1. The predicted molar refractivity (Wildman–Crippen MR) is 106 cm³/mol. The van der Waals surface area contributed by atoms with Gasteiger partial charge in [-0.15, -0.1) is 0 Å². The quantitative estimate of drug-likeness (QED) is 0.779. The summed E-state index contributed by atoms with van der Waals surface area (Å²) in [4.78, 5) is 39.2. The van der Waals surface area contributed by atoms with Crippen LogP contribution in [0.25, 0.3) is 0 Å². The Labute approximate surface area is 169 Å². The van der Waals surface area contributed by atoms with E-state index in [1.54, 1.807) is 17.0 Å². The minimum atomic E-state index is -0.997. The zero-order chi connectivity index (χ0) is 21.0. The number of likely N-dealkylation sites (tertiary alicyclic amines) is 1. The third-order valence-electron chi connectivity index (χ3n) is 5.63. The number of carboxylic acid groups (broad SMARTS) is 1. The number of benzene rings is 1. The summed E-state index contributed by atoms with van der Waals surface area (Å²) in [6.07, 6.45) is 2.06. The van der Waals surface area contributed by atoms with Gasteiger partial charge in [0.05, 0.1) is 11.7 Å². The molecule has 1 atom stereocenters. The number of nitrogens with zero attached hydrogens (tertiary/aromatic N) is 1. The first-order chi connectivity index (χ1) is 13.8. The molecule has 2 aromatic rings. The molecule has 0 saturated carbocycles. The molecule has 1 unspecified atom stereocenters. The SMILES string of the molecule is CC(C)C(NC(=O)c1ccco1)C(=O)N1CCC(C(=O)O)(c2ccccc2)CC1. The fraction of sp³-hybridized carbons (Fsp3) is 0.409. The van der Waals surface area contributed by atoms with Crippen molar-refractivity contribution in [2.75, 3.05) is 13.1 Å². The second kappa shape index (κ2) is 8.51. The fourth-order valence-electron chi connectivity index (χ4n) is 3.82. The normalized spacial score (nSPS) is 17.0. The van der Waals surface area contributed by atoms with E-state index in [2.05, 4.69) is 5.32 Å². The first kappa shape index (κ1) is 20.6. The summed E-state index contributed by atoms with van der Waals surface area (Å²) in [7, 11) is 0. The van der Waals surface area contributed by atoms with Crippen LogP contribution >= 0.6 is 0 Å². The van der Waals surface area contributed by atoms with E-state index in [0.29, 0.717) is 25.9 Å². The molecular weight excluding hydrogens is 372 g/mol. The lowest BCUT2D eigenvalue weighted by molar-refractivity contribution is -0.149. The van der Waals surface area contributed by atoms with Crippen molar-refractivity contribution in [2.45, 2.75) is 38.1 Å². The van der Waals surface area contributed by atoms with Crippen LogP contribution in [0.5, 0.6) is 0 Å². The van der Waals surface area contributed by atoms with Crippen molar-refractivity contribution in [1.29, 1.82) is 0 Å². The van der Waals surface area contributed by atoms with E-state index in [-0.39, 0.29) is 17.6 Å². The molecule has 7 heteroatoms. The molecule has 154 valence electrons. The van der Waals surface area contributed by atoms with E-state index < -0.39 is 23.3 Å². The largest absolute Gasteiger partial charge is 0.481 e. The van der Waals surface area contributed by atoms with Crippen molar-refractivity contribution < 1.29 is 23.9 Å². The monoisotopic (exact) mass is 398 g/mol. The molecule has 2 amide bonds. The number of carbonyl (C=O) groups is 3. The summed E-state index contributed by atoms with van der Waals surface area (Å²) < 4.78 is 5.10. The molecule has 1 aliphatic heterocycles. The smallest absolute Gasteiger partial charge is 0.314 e. The molecular formula is C22H26N2O5. The van der Waals surface area contributed by atoms with E-state index in [1.165, 1.54) is 6.26 Å². The molecule has 0 spiro atoms. The van der Waals surface area contributed by atoms with Crippen molar-refractivity contribution in [2.24, 2.45) is 5.92 Å². The van der Waals surface area contributed by atoms with Crippen LogP contribution in [-0.2, 0) is 15.0 Å². The molecule has 1 saturated heterocycles. The van der Waals surface area contributed by atoms with Gasteiger partial charge in [0, 0.05) is 13.1 Å². The summed E-state index contributed by atoms with van der Waals surface area (Å²) >= 11 is 0. The fourth-order valence-corrected chi connectivity index (χ4v) is 3.82. The summed E-state index contributed by atoms with van der Waals surface area (Å²) in [5.74, 6) is -1.49. The molecule has 29 heavy (non-hydrogen) atoms. The molecule has 0 bridgehead atoms. The molecule has 3 rings (SSSR count). The van der Waals surface area contributed by atoms with Crippen LogP contribution < -0.4 is 5.32 Å². The topological polar surface area (TPSA) is 99.9 Å². The summed E-state index contributed by atoms with van der Waals surface area (Å²) in [5, 5.41) is 12.7. The molecule has 1 fully saturated rings. The highest BCUT2D eigenvalue weighted by Gasteiger charge is 2.44. The van der Waals surface area contributed by atoms with Gasteiger partial charge in [0.1, 0.15) is 6.04 Å². The van der Waals surface area contributed by atoms with Crippen molar-refractivity contribution >= 4 is 17.8 Å². The first-order valence-electron chi connectivity index (χ1n) is 9.77. The van der Waals surface area contributed by atoms with E-state index in [9.17, 15) is 19.5 Å². The van der Waals surface area contributed by atoms with Crippen LogP contribution in [0.2, 0.25) is 0 Å². The van der Waals surface area contributed by atoms with Crippen LogP contribution in [0.1, 0.15) is 42.8 Å². The number of hydrogen-bond donors (Lipinski definition) is 2. The Bertz CT molecular complexity index is 853. The van der Waals surface area contributed by atoms with Gasteiger partial charge in [0.25, 0.3) is 5.91 Å². The molecule has 1 aromatic carbocycles. The minimum Gasteiger partial charge on any atom is -0.481 e. The van der Waals surface area contributed by atoms with Crippen LogP contribution in [-0.4, -0.2) is 46.9 Å². The Morgan fingerprint density at radius 2 is 1.72 bits per heavy atom. The summed E-state index contributed by atoms with van der Waals surface area (Å²) in [6, 6.07) is 11.6. The molecule has 0 radical (unpaired) electrons. The number of aliphatic carboxylic acids is 1. The molecule has 7 nitrogen and oxygen atoms in total. The Kier molecular flexibility index (Phi) is 6.06. The number of furan rings is 1. The number of carbonyl (C=O) groups excluding carboxylic acids is 2. The highest BCUT2D eigenvalue weighted by atomic mass is 16.4. The van der Waals surface area contributed by atoms with Crippen molar-refractivity contribution in [3.63, 3.8) is 0 Å². The van der Waals surface area contributed by atoms with E-state index >= 15 is 0 Å². The van der Waals surface area contributed by atoms with Crippen molar-refractivity contribution in [3.8, 4) is 0 Å². The van der Waals surface area contributed by atoms with Crippen LogP contribution in [0.15, 0.2) is 53.1 Å². The summed E-state index contributed by atoms with van der Waals surface area (Å²) in [5.41, 5.74) is -0.242. The average molecular weight is 398 g/mol. The van der Waals surface area contributed by atoms with E-state index in [1.807, 2.05) is 44.2 Å². The van der Waals surface area contributed by atoms with E-state index in [0.717, 1.165) is 5.56 Å². The maximum absolute atomic E-state index is 13.1. The predicted octanol–water partition coefficient (Wildman–Crippen LogP) is 2.68. The Balaban J connectivity index is 1.72. The van der Waals surface area contributed by atoms with Gasteiger partial charge in [0.2, 0.25) is 5.91 Å². The van der Waals surface area contributed by atoms with Gasteiger partial charge in [-0.25, -0.2) is 0 Å². The highest BCUT2D eigenvalue weighted by molar-refractivity contribution is 5.95. The zero-order valence-corrected chi connectivity index (χ0v) is 16.6. The standard InChI is InChI=1S/C22H26N2O5/c1-15(2)18(23-19(25)17-9-6-14-29-17)20(26)24-12-10-22(11-13-24,21(27)28)16-7-4-3-5-8-16/h3-9,14-15,18H,10-13H2,1-2H3,(H,23,25)(H,27,28). The minimum absolute atomic E-state index is 0.123. The number of carboxylic acids is 1. The van der Waals surface area contributed by atoms with Crippen LogP contribution in [0, 0.1) is 5.92 Å². The van der Waals surface area contributed by atoms with Gasteiger partial charge in [-0.1, -0.05) is 44.2 Å². The van der Waals surface area contributed by atoms with Gasteiger partial charge >= 0.3 is 5.97 Å². The van der Waals surface area contributed by atoms with E-state index in [4.69, 9.17) is 4.42 Å². The van der Waals surface area contributed by atoms with Crippen molar-refractivity contribution in [3.05, 3.63) is 60.1 Å². The Morgan fingerprint density at radius 1 is 1.07 bits per heavy atom. The number of amides is 2. The summed E-state index contributed by atoms with van der Waals surface area (Å²) in [6.45, 7) is 4.36. The van der Waals surface area contributed by atoms with Crippen molar-refractivity contribution in [1.82, 2.24) is 10.2 Å². The zero-order valence-electron chi connectivity index (χ0n) is 16.6. The van der Waals surface area contributed by atoms with Gasteiger partial charge in [-0.05, 0) is 36.5 Å². The van der Waals surface area contributed by atoms with Gasteiger partial charge in [-0.3, -0.25) is 14.4 Å². The molecule has 1 aliphatic rings. The second-order valence-electron chi connectivity index (χ2n) is 7.75. The van der Waals surface area contributed by atoms with Gasteiger partial charge < -0.3 is 19.7 Å². The highest BCUT2D eigenvalue weighted by Crippen LogP contribution is 2.36. The Hall–Kier alpha value is -3.09. The maximum Gasteiger partial charge on any atom is 0.314 e. The number of rotatable bonds is 6. The average Bonchev–Trinajstić information content (AvgIpc) is 3.27. The first-order valence-corrected chi connectivity index (χ1v) is 9.77. The third-order valence-corrected chi connectivity index (χ3v) is 5.63. The molecule has 2 N–H and O–H groups in total. The van der Waals surface area contributed by atoms with Crippen LogP contribution in [0.3, 0.4) is 0 Å². The third kappa shape index (κ3) is 4.18. The Morgan fingerprint density at radius 3 is 2.24 bits per heavy atom. The number of nitrogens with one attached hydrogen (secondary N) is 1. The molecule has 0 aliphatic carbocycles. The van der Waals surface area contributed by atoms with Gasteiger partial charge in [0.15, 0.2) is 5.76 Å².